The molecule has 8 heteroatoms. The van der Waals surface area contributed by atoms with Crippen molar-refractivity contribution in [2.75, 3.05) is 5.73 Å². The number of aromatic nitrogens is 3. The lowest BCUT2D eigenvalue weighted by Gasteiger charge is -2.06. The van der Waals surface area contributed by atoms with Gasteiger partial charge in [0.05, 0.1) is 17.9 Å². The van der Waals surface area contributed by atoms with Crippen molar-refractivity contribution in [2.45, 2.75) is 11.6 Å². The lowest BCUT2D eigenvalue weighted by Crippen LogP contribution is -2.25. The van der Waals surface area contributed by atoms with E-state index in [0.717, 1.165) is 0 Å². The summed E-state index contributed by atoms with van der Waals surface area (Å²) in [5.41, 5.74) is 6.32. The Labute approximate surface area is 105 Å². The number of anilines is 1. The molecule has 0 aliphatic carbocycles. The van der Waals surface area contributed by atoms with Crippen LogP contribution in [0.1, 0.15) is 5.69 Å². The minimum absolute atomic E-state index is 0.0964. The average molecular weight is 267 g/mol. The van der Waals surface area contributed by atoms with E-state index in [1.807, 2.05) is 0 Å². The Balaban J connectivity index is 2.16. The first-order chi connectivity index (χ1) is 8.49. The summed E-state index contributed by atoms with van der Waals surface area (Å²) >= 11 is 0. The highest BCUT2D eigenvalue weighted by molar-refractivity contribution is 7.89. The molecule has 3 N–H and O–H groups in total. The van der Waals surface area contributed by atoms with Crippen LogP contribution in [0.4, 0.5) is 5.69 Å². The maximum absolute atomic E-state index is 11.9. The first-order valence-electron chi connectivity index (χ1n) is 5.18. The number of rotatable bonds is 4. The molecule has 2 rings (SSSR count). The van der Waals surface area contributed by atoms with Crippen LogP contribution < -0.4 is 10.5 Å². The third kappa shape index (κ3) is 2.66. The van der Waals surface area contributed by atoms with Crippen LogP contribution in [0.5, 0.6) is 0 Å². The predicted molar refractivity (Wildman–Crippen MR) is 65.9 cm³/mol. The number of nitrogens with one attached hydrogen (secondary N) is 1. The maximum atomic E-state index is 11.9. The lowest BCUT2D eigenvalue weighted by molar-refractivity contribution is 0.576. The molecule has 0 atom stereocenters. The van der Waals surface area contributed by atoms with Crippen LogP contribution in [0.3, 0.4) is 0 Å². The van der Waals surface area contributed by atoms with E-state index in [9.17, 15) is 8.42 Å². The summed E-state index contributed by atoms with van der Waals surface area (Å²) in [6.07, 6.45) is 3.12. The van der Waals surface area contributed by atoms with Gasteiger partial charge in [-0.15, -0.1) is 0 Å². The molecule has 96 valence electrons. The predicted octanol–water partition coefficient (Wildman–Crippen LogP) is -0.124. The number of nitrogens with zero attached hydrogens (tertiary/aromatic N) is 3. The maximum Gasteiger partial charge on any atom is 0.260 e. The van der Waals surface area contributed by atoms with Crippen LogP contribution >= 0.6 is 0 Å². The number of pyridine rings is 1. The summed E-state index contributed by atoms with van der Waals surface area (Å²) in [5, 5.41) is 3.90. The first-order valence-corrected chi connectivity index (χ1v) is 6.66. The van der Waals surface area contributed by atoms with Gasteiger partial charge in [-0.05, 0) is 18.2 Å². The first kappa shape index (κ1) is 12.5. The summed E-state index contributed by atoms with van der Waals surface area (Å²) in [5.74, 6) is 0. The highest BCUT2D eigenvalue weighted by Gasteiger charge is 2.18. The minimum Gasteiger partial charge on any atom is -0.396 e. The van der Waals surface area contributed by atoms with E-state index in [-0.39, 0.29) is 17.3 Å². The fourth-order valence-electron chi connectivity index (χ4n) is 1.42. The Morgan fingerprint density at radius 3 is 2.83 bits per heavy atom. The van der Waals surface area contributed by atoms with E-state index in [4.69, 9.17) is 5.73 Å². The van der Waals surface area contributed by atoms with Crippen molar-refractivity contribution in [2.24, 2.45) is 7.05 Å². The third-order valence-corrected chi connectivity index (χ3v) is 3.64. The van der Waals surface area contributed by atoms with Crippen molar-refractivity contribution < 1.29 is 8.42 Å². The summed E-state index contributed by atoms with van der Waals surface area (Å²) in [4.78, 5) is 3.77. The van der Waals surface area contributed by atoms with Gasteiger partial charge in [-0.25, -0.2) is 18.1 Å². The van der Waals surface area contributed by atoms with E-state index in [0.29, 0.717) is 5.69 Å². The molecule has 7 nitrogen and oxygen atoms in total. The van der Waals surface area contributed by atoms with Crippen molar-refractivity contribution in [1.29, 1.82) is 0 Å². The smallest absolute Gasteiger partial charge is 0.260 e. The van der Waals surface area contributed by atoms with Gasteiger partial charge in [0.2, 0.25) is 0 Å². The van der Waals surface area contributed by atoms with Crippen LogP contribution in [-0.4, -0.2) is 23.2 Å². The highest BCUT2D eigenvalue weighted by Crippen LogP contribution is 2.13. The van der Waals surface area contributed by atoms with Gasteiger partial charge in [0.15, 0.2) is 5.03 Å². The molecule has 0 amide bonds. The molecule has 0 unspecified atom stereocenters. The van der Waals surface area contributed by atoms with E-state index < -0.39 is 10.0 Å². The number of hydrogen-bond donors (Lipinski definition) is 2. The lowest BCUT2D eigenvalue weighted by atomic mass is 10.4. The molecule has 0 aromatic carbocycles. The topological polar surface area (TPSA) is 103 Å². The molecule has 0 aliphatic heterocycles. The van der Waals surface area contributed by atoms with Crippen LogP contribution in [0.25, 0.3) is 0 Å². The van der Waals surface area contributed by atoms with Crippen LogP contribution in [0.15, 0.2) is 35.6 Å². The largest absolute Gasteiger partial charge is 0.396 e. The van der Waals surface area contributed by atoms with Gasteiger partial charge < -0.3 is 5.73 Å². The Morgan fingerprint density at radius 2 is 2.22 bits per heavy atom. The molecule has 2 heterocycles. The van der Waals surface area contributed by atoms with Gasteiger partial charge in [-0.2, -0.15) is 5.10 Å². The van der Waals surface area contributed by atoms with Crippen LogP contribution in [-0.2, 0) is 23.6 Å². The van der Waals surface area contributed by atoms with E-state index >= 15 is 0 Å². The Bertz CT molecular complexity index is 650. The molecular formula is C10H13N5O2S. The third-order valence-electron chi connectivity index (χ3n) is 2.27. The molecule has 0 saturated carbocycles. The number of nitrogens with two attached hydrogens (primary N) is 1. The second-order valence-corrected chi connectivity index (χ2v) is 5.39. The molecule has 2 aromatic heterocycles. The van der Waals surface area contributed by atoms with E-state index in [1.165, 1.54) is 12.3 Å². The average Bonchev–Trinajstić information content (AvgIpc) is 2.73. The van der Waals surface area contributed by atoms with Gasteiger partial charge in [0.25, 0.3) is 10.0 Å². The van der Waals surface area contributed by atoms with Crippen molar-refractivity contribution >= 4 is 15.7 Å². The number of hydrogen-bond acceptors (Lipinski definition) is 5. The van der Waals surface area contributed by atoms with Crippen molar-refractivity contribution in [3.05, 3.63) is 36.3 Å². The molecule has 18 heavy (non-hydrogen) atoms. The normalized spacial score (nSPS) is 11.6. The van der Waals surface area contributed by atoms with Gasteiger partial charge in [0.1, 0.15) is 0 Å². The van der Waals surface area contributed by atoms with E-state index in [1.54, 1.807) is 30.1 Å². The monoisotopic (exact) mass is 267 g/mol. The fourth-order valence-corrected chi connectivity index (χ4v) is 2.48. The molecule has 0 aliphatic rings. The molecule has 0 spiro atoms. The number of aryl methyl sites for hydroxylation is 1. The van der Waals surface area contributed by atoms with Crippen molar-refractivity contribution in [3.8, 4) is 0 Å². The molecule has 0 bridgehead atoms. The number of sulfonamides is 1. The minimum atomic E-state index is -3.72. The van der Waals surface area contributed by atoms with Crippen molar-refractivity contribution in [3.63, 3.8) is 0 Å². The molecule has 0 fully saturated rings. The second kappa shape index (κ2) is 4.75. The summed E-state index contributed by atoms with van der Waals surface area (Å²) < 4.78 is 27.9. The standard InChI is InChI=1S/C10H13N5O2S/c1-15-6-4-8(14-15)7-13-18(16,17)10-9(11)3-2-5-12-10/h2-6,13H,7,11H2,1H3. The number of nitrogen functional groups attached to an aromatic ring is 1. The van der Waals surface area contributed by atoms with Gasteiger partial charge >= 0.3 is 0 Å². The summed E-state index contributed by atoms with van der Waals surface area (Å²) in [6.45, 7) is 0.0964. The quantitative estimate of drug-likeness (QED) is 0.803. The summed E-state index contributed by atoms with van der Waals surface area (Å²) in [7, 11) is -1.96. The van der Waals surface area contributed by atoms with Gasteiger partial charge in [-0.1, -0.05) is 0 Å². The highest BCUT2D eigenvalue weighted by atomic mass is 32.2. The zero-order valence-corrected chi connectivity index (χ0v) is 10.6. The zero-order valence-electron chi connectivity index (χ0n) is 9.74. The molecule has 0 saturated heterocycles. The second-order valence-electron chi connectivity index (χ2n) is 3.70. The fraction of sp³-hybridized carbons (Fsp3) is 0.200. The van der Waals surface area contributed by atoms with Gasteiger partial charge in [0, 0.05) is 19.4 Å². The van der Waals surface area contributed by atoms with Gasteiger partial charge in [-0.3, -0.25) is 4.68 Å². The summed E-state index contributed by atoms with van der Waals surface area (Å²) in [6, 6.07) is 4.79. The van der Waals surface area contributed by atoms with E-state index in [2.05, 4.69) is 14.8 Å². The van der Waals surface area contributed by atoms with Crippen LogP contribution in [0, 0.1) is 0 Å². The Hall–Kier alpha value is -1.93. The zero-order chi connectivity index (χ0) is 13.2. The van der Waals surface area contributed by atoms with Crippen molar-refractivity contribution in [1.82, 2.24) is 19.5 Å². The molecule has 2 aromatic rings. The Kier molecular flexibility index (Phi) is 3.30. The van der Waals surface area contributed by atoms with Crippen LogP contribution in [0.2, 0.25) is 0 Å². The molecular weight excluding hydrogens is 254 g/mol. The Morgan fingerprint density at radius 1 is 1.44 bits per heavy atom. The molecule has 0 radical (unpaired) electrons. The SMILES string of the molecule is Cn1ccc(CNS(=O)(=O)c2ncccc2N)n1.